The van der Waals surface area contributed by atoms with E-state index in [0.29, 0.717) is 12.7 Å². The summed E-state index contributed by atoms with van der Waals surface area (Å²) in [6, 6.07) is 6.01. The number of benzene rings is 1. The lowest BCUT2D eigenvalue weighted by atomic mass is 9.88. The monoisotopic (exact) mass is 205 g/mol. The van der Waals surface area contributed by atoms with Gasteiger partial charge in [-0.3, -0.25) is 0 Å². The van der Waals surface area contributed by atoms with Crippen LogP contribution in [0.2, 0.25) is 0 Å². The molecular weight excluding hydrogens is 190 g/mol. The van der Waals surface area contributed by atoms with Gasteiger partial charge in [0.15, 0.2) is 11.5 Å². The van der Waals surface area contributed by atoms with Gasteiger partial charge >= 0.3 is 0 Å². The van der Waals surface area contributed by atoms with E-state index in [-0.39, 0.29) is 5.54 Å². The third-order valence-corrected chi connectivity index (χ3v) is 3.42. The Morgan fingerprint density at radius 2 is 2.00 bits per heavy atom. The topological polar surface area (TPSA) is 44.5 Å². The SMILES string of the molecule is CC(N)(c1ccc2c(c1)OCO2)C1CC1. The van der Waals surface area contributed by atoms with Crippen LogP contribution >= 0.6 is 0 Å². The third kappa shape index (κ3) is 1.38. The Hall–Kier alpha value is -1.22. The molecule has 1 unspecified atom stereocenters. The Morgan fingerprint density at radius 3 is 2.73 bits per heavy atom. The van der Waals surface area contributed by atoms with Crippen LogP contribution in [0.5, 0.6) is 11.5 Å². The van der Waals surface area contributed by atoms with Crippen LogP contribution in [0, 0.1) is 5.92 Å². The molecular formula is C12H15NO2. The number of nitrogens with two attached hydrogens (primary N) is 1. The van der Waals surface area contributed by atoms with Crippen molar-refractivity contribution in [1.82, 2.24) is 0 Å². The molecule has 1 aliphatic heterocycles. The Kier molecular flexibility index (Phi) is 1.74. The summed E-state index contributed by atoms with van der Waals surface area (Å²) >= 11 is 0. The van der Waals surface area contributed by atoms with Gasteiger partial charge in [-0.05, 0) is 43.4 Å². The largest absolute Gasteiger partial charge is 0.454 e. The van der Waals surface area contributed by atoms with Crippen LogP contribution in [0.3, 0.4) is 0 Å². The summed E-state index contributed by atoms with van der Waals surface area (Å²) < 4.78 is 10.6. The molecule has 1 fully saturated rings. The van der Waals surface area contributed by atoms with E-state index in [1.807, 2.05) is 18.2 Å². The average molecular weight is 205 g/mol. The first kappa shape index (κ1) is 9.04. The molecule has 1 saturated carbocycles. The van der Waals surface area contributed by atoms with Crippen molar-refractivity contribution in [2.75, 3.05) is 6.79 Å². The highest BCUT2D eigenvalue weighted by atomic mass is 16.7. The second-order valence-corrected chi connectivity index (χ2v) is 4.63. The highest BCUT2D eigenvalue weighted by molar-refractivity contribution is 5.46. The Morgan fingerprint density at radius 1 is 1.27 bits per heavy atom. The molecule has 0 bridgehead atoms. The summed E-state index contributed by atoms with van der Waals surface area (Å²) in [7, 11) is 0. The zero-order valence-electron chi connectivity index (χ0n) is 8.82. The summed E-state index contributed by atoms with van der Waals surface area (Å²) in [6.07, 6.45) is 2.48. The molecule has 1 atom stereocenters. The zero-order chi connectivity index (χ0) is 10.5. The maximum absolute atomic E-state index is 6.34. The van der Waals surface area contributed by atoms with Crippen molar-refractivity contribution in [3.05, 3.63) is 23.8 Å². The predicted molar refractivity (Wildman–Crippen MR) is 56.8 cm³/mol. The first-order valence-corrected chi connectivity index (χ1v) is 5.37. The molecule has 2 aliphatic rings. The first-order valence-electron chi connectivity index (χ1n) is 5.37. The van der Waals surface area contributed by atoms with Gasteiger partial charge in [0, 0.05) is 5.54 Å². The first-order chi connectivity index (χ1) is 7.18. The van der Waals surface area contributed by atoms with Crippen molar-refractivity contribution >= 4 is 0 Å². The number of hydrogen-bond donors (Lipinski definition) is 1. The molecule has 3 heteroatoms. The van der Waals surface area contributed by atoms with E-state index in [2.05, 4.69) is 6.92 Å². The molecule has 1 aliphatic carbocycles. The lowest BCUT2D eigenvalue weighted by Crippen LogP contribution is -2.35. The van der Waals surface area contributed by atoms with E-state index in [4.69, 9.17) is 15.2 Å². The summed E-state index contributed by atoms with van der Waals surface area (Å²) in [5, 5.41) is 0. The fourth-order valence-electron chi connectivity index (χ4n) is 2.15. The van der Waals surface area contributed by atoms with Crippen molar-refractivity contribution in [2.24, 2.45) is 11.7 Å². The standard InChI is InChI=1S/C12H15NO2/c1-12(13,8-2-3-8)9-4-5-10-11(6-9)15-7-14-10/h4-6,8H,2-3,7,13H2,1H3. The highest BCUT2D eigenvalue weighted by Gasteiger charge is 2.40. The van der Waals surface area contributed by atoms with E-state index < -0.39 is 0 Å². The van der Waals surface area contributed by atoms with Crippen molar-refractivity contribution in [3.8, 4) is 11.5 Å². The molecule has 0 radical (unpaired) electrons. The Labute approximate surface area is 89.2 Å². The highest BCUT2D eigenvalue weighted by Crippen LogP contribution is 2.45. The van der Waals surface area contributed by atoms with E-state index in [1.165, 1.54) is 12.8 Å². The molecule has 3 rings (SSSR count). The van der Waals surface area contributed by atoms with Crippen molar-refractivity contribution in [1.29, 1.82) is 0 Å². The molecule has 0 amide bonds. The molecule has 3 nitrogen and oxygen atoms in total. The molecule has 1 heterocycles. The van der Waals surface area contributed by atoms with Gasteiger partial charge in [-0.2, -0.15) is 0 Å². The van der Waals surface area contributed by atoms with Crippen LogP contribution in [-0.2, 0) is 5.54 Å². The Bertz CT molecular complexity index is 397. The number of fused-ring (bicyclic) bond motifs is 1. The number of hydrogen-bond acceptors (Lipinski definition) is 3. The van der Waals surface area contributed by atoms with Gasteiger partial charge in [0.05, 0.1) is 0 Å². The van der Waals surface area contributed by atoms with Gasteiger partial charge in [0.1, 0.15) is 0 Å². The van der Waals surface area contributed by atoms with Crippen LogP contribution in [0.15, 0.2) is 18.2 Å². The molecule has 0 aromatic heterocycles. The van der Waals surface area contributed by atoms with Crippen LogP contribution in [0.25, 0.3) is 0 Å². The summed E-state index contributed by atoms with van der Waals surface area (Å²) in [6.45, 7) is 2.42. The van der Waals surface area contributed by atoms with Gasteiger partial charge in [-0.25, -0.2) is 0 Å². The van der Waals surface area contributed by atoms with E-state index >= 15 is 0 Å². The maximum atomic E-state index is 6.34. The average Bonchev–Trinajstić information content (AvgIpc) is 2.97. The van der Waals surface area contributed by atoms with Gasteiger partial charge in [-0.15, -0.1) is 0 Å². The van der Waals surface area contributed by atoms with Crippen LogP contribution in [-0.4, -0.2) is 6.79 Å². The molecule has 80 valence electrons. The molecule has 1 aromatic carbocycles. The smallest absolute Gasteiger partial charge is 0.231 e. The fourth-order valence-corrected chi connectivity index (χ4v) is 2.15. The quantitative estimate of drug-likeness (QED) is 0.803. The Balaban J connectivity index is 1.98. The van der Waals surface area contributed by atoms with Crippen molar-refractivity contribution < 1.29 is 9.47 Å². The van der Waals surface area contributed by atoms with Gasteiger partial charge in [0.2, 0.25) is 6.79 Å². The molecule has 15 heavy (non-hydrogen) atoms. The second kappa shape index (κ2) is 2.89. The number of ether oxygens (including phenoxy) is 2. The molecule has 0 saturated heterocycles. The maximum Gasteiger partial charge on any atom is 0.231 e. The fraction of sp³-hybridized carbons (Fsp3) is 0.500. The summed E-state index contributed by atoms with van der Waals surface area (Å²) in [5.74, 6) is 2.27. The molecule has 1 aromatic rings. The summed E-state index contributed by atoms with van der Waals surface area (Å²) in [4.78, 5) is 0. The predicted octanol–water partition coefficient (Wildman–Crippen LogP) is 2.00. The van der Waals surface area contributed by atoms with Crippen LogP contribution in [0.1, 0.15) is 25.3 Å². The van der Waals surface area contributed by atoms with E-state index in [9.17, 15) is 0 Å². The van der Waals surface area contributed by atoms with Crippen molar-refractivity contribution in [3.63, 3.8) is 0 Å². The van der Waals surface area contributed by atoms with Gasteiger partial charge in [0.25, 0.3) is 0 Å². The zero-order valence-corrected chi connectivity index (χ0v) is 8.82. The molecule has 2 N–H and O–H groups in total. The normalized spacial score (nSPS) is 22.5. The minimum atomic E-state index is -0.221. The van der Waals surface area contributed by atoms with Gasteiger partial charge in [-0.1, -0.05) is 6.07 Å². The summed E-state index contributed by atoms with van der Waals surface area (Å²) in [5.41, 5.74) is 7.27. The van der Waals surface area contributed by atoms with Gasteiger partial charge < -0.3 is 15.2 Å². The second-order valence-electron chi connectivity index (χ2n) is 4.63. The molecule has 0 spiro atoms. The van der Waals surface area contributed by atoms with E-state index in [1.54, 1.807) is 0 Å². The third-order valence-electron chi connectivity index (χ3n) is 3.42. The van der Waals surface area contributed by atoms with E-state index in [0.717, 1.165) is 17.1 Å². The lowest BCUT2D eigenvalue weighted by molar-refractivity contribution is 0.174. The van der Waals surface area contributed by atoms with Crippen molar-refractivity contribution in [2.45, 2.75) is 25.3 Å². The van der Waals surface area contributed by atoms with Crippen LogP contribution in [0.4, 0.5) is 0 Å². The number of rotatable bonds is 2. The minimum absolute atomic E-state index is 0.221. The lowest BCUT2D eigenvalue weighted by Gasteiger charge is -2.25. The minimum Gasteiger partial charge on any atom is -0.454 e. The van der Waals surface area contributed by atoms with Crippen LogP contribution < -0.4 is 15.2 Å².